The summed E-state index contributed by atoms with van der Waals surface area (Å²) in [5.41, 5.74) is 4.20. The summed E-state index contributed by atoms with van der Waals surface area (Å²) >= 11 is 5.71. The average Bonchev–Trinajstić information content (AvgIpc) is 2.34. The Kier molecular flexibility index (Phi) is 4.45. The number of halogens is 2. The fourth-order valence-electron chi connectivity index (χ4n) is 1.95. The molecule has 0 aliphatic heterocycles. The van der Waals surface area contributed by atoms with Gasteiger partial charge in [0.15, 0.2) is 0 Å². The smallest absolute Gasteiger partial charge is 0.105 e. The molecule has 0 bridgehead atoms. The van der Waals surface area contributed by atoms with Crippen molar-refractivity contribution in [3.63, 3.8) is 0 Å². The lowest BCUT2D eigenvalue weighted by Crippen LogP contribution is -2.04. The van der Waals surface area contributed by atoms with Crippen LogP contribution in [0.15, 0.2) is 40.9 Å². The number of hydrogen-bond acceptors (Lipinski definition) is 1. The van der Waals surface area contributed by atoms with Gasteiger partial charge in [0, 0.05) is 8.04 Å². The molecule has 3 heteroatoms. The minimum atomic E-state index is -0.575. The van der Waals surface area contributed by atoms with E-state index in [1.807, 2.05) is 32.0 Å². The minimum Gasteiger partial charge on any atom is -0.384 e. The number of hydrogen-bond donors (Lipinski definition) is 1. The third kappa shape index (κ3) is 2.95. The number of aryl methyl sites for hydroxylation is 2. The Morgan fingerprint density at radius 3 is 2.50 bits per heavy atom. The van der Waals surface area contributed by atoms with Crippen molar-refractivity contribution in [1.29, 1.82) is 0 Å². The van der Waals surface area contributed by atoms with E-state index in [0.717, 1.165) is 24.7 Å². The molecule has 0 saturated heterocycles. The predicted molar refractivity (Wildman–Crippen MR) is 86.8 cm³/mol. The number of rotatable bonds is 2. The molecule has 0 spiro atoms. The number of benzene rings is 2. The van der Waals surface area contributed by atoms with Gasteiger partial charge in [0.1, 0.15) is 6.10 Å². The quantitative estimate of drug-likeness (QED) is 0.700. The zero-order valence-electron chi connectivity index (χ0n) is 10.2. The van der Waals surface area contributed by atoms with Gasteiger partial charge in [-0.2, -0.15) is 0 Å². The first-order valence-corrected chi connectivity index (χ1v) is 7.56. The third-order valence-electron chi connectivity index (χ3n) is 2.98. The molecule has 0 fully saturated rings. The fraction of sp³-hybridized carbons (Fsp3) is 0.200. The van der Waals surface area contributed by atoms with E-state index < -0.39 is 6.10 Å². The molecule has 0 aliphatic carbocycles. The molecule has 2 aromatic rings. The van der Waals surface area contributed by atoms with Crippen molar-refractivity contribution in [2.24, 2.45) is 0 Å². The van der Waals surface area contributed by atoms with Crippen LogP contribution in [0, 0.1) is 17.4 Å². The van der Waals surface area contributed by atoms with E-state index in [1.165, 1.54) is 5.56 Å². The normalized spacial score (nSPS) is 12.5. The average molecular weight is 417 g/mol. The van der Waals surface area contributed by atoms with Crippen LogP contribution in [-0.2, 0) is 0 Å². The second-order valence-corrected chi connectivity index (χ2v) is 6.51. The lowest BCUT2D eigenvalue weighted by molar-refractivity contribution is 0.218. The van der Waals surface area contributed by atoms with Crippen LogP contribution in [0.3, 0.4) is 0 Å². The summed E-state index contributed by atoms with van der Waals surface area (Å²) in [7, 11) is 0. The molecule has 1 atom stereocenters. The van der Waals surface area contributed by atoms with Gasteiger partial charge in [0.25, 0.3) is 0 Å². The maximum absolute atomic E-state index is 10.6. The monoisotopic (exact) mass is 416 g/mol. The second kappa shape index (κ2) is 5.72. The highest BCUT2D eigenvalue weighted by Crippen LogP contribution is 2.30. The van der Waals surface area contributed by atoms with Crippen molar-refractivity contribution in [2.45, 2.75) is 20.0 Å². The van der Waals surface area contributed by atoms with Crippen molar-refractivity contribution in [1.82, 2.24) is 0 Å². The van der Waals surface area contributed by atoms with E-state index in [-0.39, 0.29) is 0 Å². The van der Waals surface area contributed by atoms with Crippen LogP contribution in [-0.4, -0.2) is 5.11 Å². The van der Waals surface area contributed by atoms with E-state index in [1.54, 1.807) is 0 Å². The largest absolute Gasteiger partial charge is 0.384 e. The Labute approximate surface area is 130 Å². The van der Waals surface area contributed by atoms with E-state index in [4.69, 9.17) is 0 Å². The molecule has 0 radical (unpaired) electrons. The maximum atomic E-state index is 10.6. The van der Waals surface area contributed by atoms with Crippen molar-refractivity contribution in [3.05, 3.63) is 66.7 Å². The first-order chi connectivity index (χ1) is 8.49. The van der Waals surface area contributed by atoms with Crippen LogP contribution >= 0.6 is 38.5 Å². The Morgan fingerprint density at radius 2 is 1.78 bits per heavy atom. The molecular formula is C15H14BrIO. The van der Waals surface area contributed by atoms with Crippen LogP contribution in [0.2, 0.25) is 0 Å². The highest BCUT2D eigenvalue weighted by molar-refractivity contribution is 14.1. The summed E-state index contributed by atoms with van der Waals surface area (Å²) in [6.45, 7) is 4.07. The van der Waals surface area contributed by atoms with Crippen LogP contribution in [0.4, 0.5) is 0 Å². The molecule has 2 rings (SSSR count). The predicted octanol–water partition coefficient (Wildman–Crippen LogP) is 4.75. The first-order valence-electron chi connectivity index (χ1n) is 5.69. The van der Waals surface area contributed by atoms with Gasteiger partial charge in [0.05, 0.1) is 0 Å². The van der Waals surface area contributed by atoms with Gasteiger partial charge in [-0.15, -0.1) is 0 Å². The SMILES string of the molecule is Cc1ccc(C)c(C(O)c2cc(Br)ccc2I)c1. The van der Waals surface area contributed by atoms with Gasteiger partial charge >= 0.3 is 0 Å². The molecule has 2 aromatic carbocycles. The van der Waals surface area contributed by atoms with Crippen LogP contribution < -0.4 is 0 Å². The molecule has 0 heterocycles. The van der Waals surface area contributed by atoms with Crippen molar-refractivity contribution < 1.29 is 5.11 Å². The molecule has 0 saturated carbocycles. The Morgan fingerprint density at radius 1 is 1.06 bits per heavy atom. The minimum absolute atomic E-state index is 0.575. The molecular weight excluding hydrogens is 403 g/mol. The fourth-order valence-corrected chi connectivity index (χ4v) is 2.96. The molecule has 94 valence electrons. The molecule has 1 unspecified atom stereocenters. The first kappa shape index (κ1) is 14.0. The highest BCUT2D eigenvalue weighted by Gasteiger charge is 2.16. The Bertz CT molecular complexity index is 529. The van der Waals surface area contributed by atoms with Crippen LogP contribution in [0.1, 0.15) is 28.4 Å². The molecule has 18 heavy (non-hydrogen) atoms. The highest BCUT2D eigenvalue weighted by atomic mass is 127. The summed E-state index contributed by atoms with van der Waals surface area (Å²) in [6, 6.07) is 12.1. The van der Waals surface area contributed by atoms with Gasteiger partial charge in [-0.25, -0.2) is 0 Å². The van der Waals surface area contributed by atoms with E-state index in [0.29, 0.717) is 0 Å². The van der Waals surface area contributed by atoms with Crippen molar-refractivity contribution >= 4 is 38.5 Å². The lowest BCUT2D eigenvalue weighted by atomic mass is 9.96. The zero-order chi connectivity index (χ0) is 13.3. The molecule has 1 nitrogen and oxygen atoms in total. The molecule has 1 N–H and O–H groups in total. The summed E-state index contributed by atoms with van der Waals surface area (Å²) in [4.78, 5) is 0. The third-order valence-corrected chi connectivity index (χ3v) is 4.46. The van der Waals surface area contributed by atoms with Crippen molar-refractivity contribution in [3.8, 4) is 0 Å². The maximum Gasteiger partial charge on any atom is 0.105 e. The Balaban J connectivity index is 2.50. The van der Waals surface area contributed by atoms with Gasteiger partial charge < -0.3 is 5.11 Å². The second-order valence-electron chi connectivity index (χ2n) is 4.43. The van der Waals surface area contributed by atoms with Gasteiger partial charge in [-0.1, -0.05) is 39.7 Å². The molecule has 0 aromatic heterocycles. The summed E-state index contributed by atoms with van der Waals surface area (Å²) < 4.78 is 2.06. The van der Waals surface area contributed by atoms with E-state index >= 15 is 0 Å². The summed E-state index contributed by atoms with van der Waals surface area (Å²) in [5, 5.41) is 10.6. The summed E-state index contributed by atoms with van der Waals surface area (Å²) in [5.74, 6) is 0. The van der Waals surface area contributed by atoms with Gasteiger partial charge in [-0.05, 0) is 71.3 Å². The number of aliphatic hydroxyl groups excluding tert-OH is 1. The molecule has 0 amide bonds. The van der Waals surface area contributed by atoms with Crippen LogP contribution in [0.5, 0.6) is 0 Å². The standard InChI is InChI=1S/C15H14BrIO/c1-9-3-4-10(2)12(7-9)15(18)13-8-11(16)5-6-14(13)17/h3-8,15,18H,1-2H3. The topological polar surface area (TPSA) is 20.2 Å². The number of aliphatic hydroxyl groups is 1. The van der Waals surface area contributed by atoms with Crippen LogP contribution in [0.25, 0.3) is 0 Å². The Hall–Kier alpha value is -0.390. The van der Waals surface area contributed by atoms with Gasteiger partial charge in [0.2, 0.25) is 0 Å². The zero-order valence-corrected chi connectivity index (χ0v) is 14.0. The van der Waals surface area contributed by atoms with Gasteiger partial charge in [-0.3, -0.25) is 0 Å². The van der Waals surface area contributed by atoms with E-state index in [9.17, 15) is 5.11 Å². The lowest BCUT2D eigenvalue weighted by Gasteiger charge is -2.16. The van der Waals surface area contributed by atoms with Crippen molar-refractivity contribution in [2.75, 3.05) is 0 Å². The summed E-state index contributed by atoms with van der Waals surface area (Å²) in [6.07, 6.45) is -0.575. The van der Waals surface area contributed by atoms with E-state index in [2.05, 4.69) is 56.7 Å². The molecule has 0 aliphatic rings.